The molecule has 0 aliphatic carbocycles. The quantitative estimate of drug-likeness (QED) is 0.759. The van der Waals surface area contributed by atoms with E-state index in [9.17, 15) is 0 Å². The Kier molecular flexibility index (Phi) is 3.61. The molecule has 1 aromatic heterocycles. The van der Waals surface area contributed by atoms with Gasteiger partial charge in [-0.05, 0) is 23.3 Å². The fourth-order valence-corrected chi connectivity index (χ4v) is 2.34. The molecule has 0 spiro atoms. The van der Waals surface area contributed by atoms with Crippen LogP contribution >= 0.6 is 0 Å². The number of nitrogens with two attached hydrogens (primary N) is 1. The SMILES string of the molecule is NCc1cccc(CNc2cccc3cnccc23)c1. The zero-order valence-electron chi connectivity index (χ0n) is 11.2. The number of pyridine rings is 1. The Bertz CT molecular complexity index is 717. The molecule has 100 valence electrons. The van der Waals surface area contributed by atoms with Crippen molar-refractivity contribution in [3.8, 4) is 0 Å². The molecule has 0 atom stereocenters. The summed E-state index contributed by atoms with van der Waals surface area (Å²) < 4.78 is 0. The molecule has 1 heterocycles. The average Bonchev–Trinajstić information content (AvgIpc) is 2.53. The summed E-state index contributed by atoms with van der Waals surface area (Å²) in [4.78, 5) is 4.15. The summed E-state index contributed by atoms with van der Waals surface area (Å²) in [7, 11) is 0. The highest BCUT2D eigenvalue weighted by Gasteiger charge is 2.00. The molecule has 0 aliphatic rings. The molecule has 0 unspecified atom stereocenters. The Morgan fingerprint density at radius 2 is 1.85 bits per heavy atom. The number of benzene rings is 2. The third-order valence-electron chi connectivity index (χ3n) is 3.39. The molecule has 0 amide bonds. The first-order chi connectivity index (χ1) is 9.86. The van der Waals surface area contributed by atoms with Gasteiger partial charge in [-0.3, -0.25) is 4.98 Å². The number of aromatic nitrogens is 1. The number of nitrogens with one attached hydrogen (secondary N) is 1. The van der Waals surface area contributed by atoms with Gasteiger partial charge in [0.15, 0.2) is 0 Å². The predicted octanol–water partition coefficient (Wildman–Crippen LogP) is 3.31. The Morgan fingerprint density at radius 3 is 2.75 bits per heavy atom. The molecular weight excluding hydrogens is 246 g/mol. The molecule has 3 nitrogen and oxygen atoms in total. The maximum absolute atomic E-state index is 5.67. The zero-order chi connectivity index (χ0) is 13.8. The molecule has 2 aromatic carbocycles. The fourth-order valence-electron chi connectivity index (χ4n) is 2.34. The topological polar surface area (TPSA) is 50.9 Å². The van der Waals surface area contributed by atoms with E-state index in [1.807, 2.05) is 36.7 Å². The second-order valence-electron chi connectivity index (χ2n) is 4.78. The second kappa shape index (κ2) is 5.72. The number of hydrogen-bond acceptors (Lipinski definition) is 3. The van der Waals surface area contributed by atoms with E-state index in [2.05, 4.69) is 34.6 Å². The summed E-state index contributed by atoms with van der Waals surface area (Å²) in [6.07, 6.45) is 3.71. The van der Waals surface area contributed by atoms with Crippen LogP contribution in [0.2, 0.25) is 0 Å². The summed E-state index contributed by atoms with van der Waals surface area (Å²) in [6, 6.07) is 16.6. The first-order valence-corrected chi connectivity index (χ1v) is 6.71. The van der Waals surface area contributed by atoms with Crippen LogP contribution in [0.15, 0.2) is 60.9 Å². The third-order valence-corrected chi connectivity index (χ3v) is 3.39. The van der Waals surface area contributed by atoms with E-state index in [1.54, 1.807) is 0 Å². The number of anilines is 1. The van der Waals surface area contributed by atoms with Crippen LogP contribution in [0.4, 0.5) is 5.69 Å². The molecule has 3 rings (SSSR count). The van der Waals surface area contributed by atoms with Crippen molar-refractivity contribution in [3.05, 3.63) is 72.1 Å². The van der Waals surface area contributed by atoms with Crippen LogP contribution in [0.5, 0.6) is 0 Å². The lowest BCUT2D eigenvalue weighted by Gasteiger charge is -2.10. The van der Waals surface area contributed by atoms with Gasteiger partial charge in [-0.1, -0.05) is 36.4 Å². The number of rotatable bonds is 4. The number of hydrogen-bond donors (Lipinski definition) is 2. The van der Waals surface area contributed by atoms with E-state index in [-0.39, 0.29) is 0 Å². The Balaban J connectivity index is 1.83. The second-order valence-corrected chi connectivity index (χ2v) is 4.78. The van der Waals surface area contributed by atoms with Gasteiger partial charge in [0.1, 0.15) is 0 Å². The standard InChI is InChI=1S/C17H17N3/c18-10-13-3-1-4-14(9-13)11-20-17-6-2-5-15-12-19-8-7-16(15)17/h1-9,12,20H,10-11,18H2. The first kappa shape index (κ1) is 12.6. The monoisotopic (exact) mass is 263 g/mol. The van der Waals surface area contributed by atoms with Crippen LogP contribution in [0.3, 0.4) is 0 Å². The van der Waals surface area contributed by atoms with Crippen molar-refractivity contribution in [2.75, 3.05) is 5.32 Å². The summed E-state index contributed by atoms with van der Waals surface area (Å²) in [5.41, 5.74) is 9.19. The lowest BCUT2D eigenvalue weighted by atomic mass is 10.1. The Labute approximate surface area is 118 Å². The highest BCUT2D eigenvalue weighted by molar-refractivity contribution is 5.93. The predicted molar refractivity (Wildman–Crippen MR) is 83.4 cm³/mol. The van der Waals surface area contributed by atoms with Crippen molar-refractivity contribution in [3.63, 3.8) is 0 Å². The summed E-state index contributed by atoms with van der Waals surface area (Å²) in [6.45, 7) is 1.36. The highest BCUT2D eigenvalue weighted by atomic mass is 14.9. The average molecular weight is 263 g/mol. The minimum atomic E-state index is 0.577. The van der Waals surface area contributed by atoms with Crippen molar-refractivity contribution < 1.29 is 0 Å². The molecule has 0 bridgehead atoms. The maximum atomic E-state index is 5.67. The largest absolute Gasteiger partial charge is 0.380 e. The van der Waals surface area contributed by atoms with Gasteiger partial charge in [0.25, 0.3) is 0 Å². The van der Waals surface area contributed by atoms with Gasteiger partial charge in [-0.15, -0.1) is 0 Å². The van der Waals surface area contributed by atoms with Crippen molar-refractivity contribution in [2.24, 2.45) is 5.73 Å². The minimum Gasteiger partial charge on any atom is -0.380 e. The summed E-state index contributed by atoms with van der Waals surface area (Å²) in [5, 5.41) is 5.83. The highest BCUT2D eigenvalue weighted by Crippen LogP contribution is 2.22. The van der Waals surface area contributed by atoms with Crippen molar-refractivity contribution in [1.82, 2.24) is 4.98 Å². The smallest absolute Gasteiger partial charge is 0.0423 e. The zero-order valence-corrected chi connectivity index (χ0v) is 11.2. The van der Waals surface area contributed by atoms with Crippen LogP contribution < -0.4 is 11.1 Å². The van der Waals surface area contributed by atoms with E-state index in [0.717, 1.165) is 23.2 Å². The van der Waals surface area contributed by atoms with Crippen LogP contribution in [0, 0.1) is 0 Å². The molecule has 0 fully saturated rings. The van der Waals surface area contributed by atoms with Gasteiger partial charge < -0.3 is 11.1 Å². The van der Waals surface area contributed by atoms with Crippen LogP contribution in [-0.4, -0.2) is 4.98 Å². The molecule has 20 heavy (non-hydrogen) atoms. The first-order valence-electron chi connectivity index (χ1n) is 6.71. The van der Waals surface area contributed by atoms with Crippen molar-refractivity contribution in [1.29, 1.82) is 0 Å². The third kappa shape index (κ3) is 2.63. The van der Waals surface area contributed by atoms with Gasteiger partial charge in [0, 0.05) is 41.9 Å². The van der Waals surface area contributed by atoms with E-state index < -0.39 is 0 Å². The van der Waals surface area contributed by atoms with Gasteiger partial charge in [0.05, 0.1) is 0 Å². The van der Waals surface area contributed by atoms with Crippen molar-refractivity contribution in [2.45, 2.75) is 13.1 Å². The minimum absolute atomic E-state index is 0.577. The number of nitrogens with zero attached hydrogens (tertiary/aromatic N) is 1. The lowest BCUT2D eigenvalue weighted by molar-refractivity contribution is 1.05. The van der Waals surface area contributed by atoms with Crippen molar-refractivity contribution >= 4 is 16.5 Å². The molecule has 3 N–H and O–H groups in total. The van der Waals surface area contributed by atoms with Gasteiger partial charge in [-0.2, -0.15) is 0 Å². The molecule has 0 aliphatic heterocycles. The van der Waals surface area contributed by atoms with Gasteiger partial charge in [-0.25, -0.2) is 0 Å². The van der Waals surface area contributed by atoms with E-state index in [4.69, 9.17) is 5.73 Å². The summed E-state index contributed by atoms with van der Waals surface area (Å²) in [5.74, 6) is 0. The normalized spacial score (nSPS) is 10.7. The summed E-state index contributed by atoms with van der Waals surface area (Å²) >= 11 is 0. The molecule has 3 aromatic rings. The molecular formula is C17H17N3. The molecule has 3 heteroatoms. The van der Waals surface area contributed by atoms with Crippen LogP contribution in [0.25, 0.3) is 10.8 Å². The van der Waals surface area contributed by atoms with Crippen LogP contribution in [0.1, 0.15) is 11.1 Å². The molecule has 0 radical (unpaired) electrons. The number of fused-ring (bicyclic) bond motifs is 1. The van der Waals surface area contributed by atoms with Gasteiger partial charge in [0.2, 0.25) is 0 Å². The Hall–Kier alpha value is -2.39. The lowest BCUT2D eigenvalue weighted by Crippen LogP contribution is -2.02. The van der Waals surface area contributed by atoms with E-state index in [0.29, 0.717) is 6.54 Å². The van der Waals surface area contributed by atoms with Gasteiger partial charge >= 0.3 is 0 Å². The van der Waals surface area contributed by atoms with E-state index >= 15 is 0 Å². The molecule has 0 saturated carbocycles. The maximum Gasteiger partial charge on any atom is 0.0423 e. The fraction of sp³-hybridized carbons (Fsp3) is 0.118. The Morgan fingerprint density at radius 1 is 1.00 bits per heavy atom. The van der Waals surface area contributed by atoms with Crippen LogP contribution in [-0.2, 0) is 13.1 Å². The van der Waals surface area contributed by atoms with E-state index in [1.165, 1.54) is 10.9 Å². The molecule has 0 saturated heterocycles.